The number of hydrogen-bond acceptors (Lipinski definition) is 2. The molecule has 0 saturated heterocycles. The maximum atomic E-state index is 5.25. The quantitative estimate of drug-likeness (QED) is 0.159. The van der Waals surface area contributed by atoms with Crippen molar-refractivity contribution >= 4 is 73.3 Å². The molecule has 0 amide bonds. The van der Waals surface area contributed by atoms with Crippen LogP contribution < -0.4 is 16.2 Å². The molecule has 5 heteroatoms. The lowest BCUT2D eigenvalue weighted by atomic mass is 9.68. The van der Waals surface area contributed by atoms with Gasteiger partial charge in [0.05, 0.1) is 33.8 Å². The molecule has 2 aliphatic heterocycles. The molecule has 1 N–H and O–H groups in total. The molecule has 0 aliphatic carbocycles. The number of nitrogens with zero attached hydrogens (tertiary/aromatic N) is 3. The average Bonchev–Trinajstić information content (AvgIpc) is 4.08. The summed E-state index contributed by atoms with van der Waals surface area (Å²) in [6.07, 6.45) is 2.27. The Hall–Kier alpha value is -8.93. The van der Waals surface area contributed by atoms with Crippen LogP contribution in [0.4, 0.5) is 0 Å². The average molecular weight is 878 g/mol. The first-order valence-electron chi connectivity index (χ1n) is 23.7. The van der Waals surface area contributed by atoms with Gasteiger partial charge in [0.1, 0.15) is 5.84 Å². The number of benzene rings is 10. The van der Waals surface area contributed by atoms with Crippen molar-refractivity contribution < 1.29 is 0 Å². The molecule has 1 radical (unpaired) electrons. The van der Waals surface area contributed by atoms with Gasteiger partial charge in [0.2, 0.25) is 0 Å². The van der Waals surface area contributed by atoms with Gasteiger partial charge in [0.25, 0.3) is 0 Å². The van der Waals surface area contributed by atoms with Gasteiger partial charge in [-0.15, -0.1) is 0 Å². The van der Waals surface area contributed by atoms with Gasteiger partial charge in [-0.1, -0.05) is 181 Å². The summed E-state index contributed by atoms with van der Waals surface area (Å²) in [6, 6.07) is 85.8. The van der Waals surface area contributed by atoms with Crippen LogP contribution in [0.25, 0.3) is 94.1 Å². The molecule has 69 heavy (non-hydrogen) atoms. The minimum absolute atomic E-state index is 0.0932. The Balaban J connectivity index is 0.869. The molecule has 321 valence electrons. The zero-order valence-electron chi connectivity index (χ0n) is 37.6. The molecule has 4 nitrogen and oxygen atoms in total. The summed E-state index contributed by atoms with van der Waals surface area (Å²) in [4.78, 5) is 5.25. The minimum Gasteiger partial charge on any atom is -0.359 e. The van der Waals surface area contributed by atoms with E-state index in [0.717, 1.165) is 39.6 Å². The van der Waals surface area contributed by atoms with Crippen molar-refractivity contribution in [3.05, 3.63) is 259 Å². The van der Waals surface area contributed by atoms with Gasteiger partial charge in [-0.25, -0.2) is 4.99 Å². The normalized spacial score (nSPS) is 14.1. The third-order valence-corrected chi connectivity index (χ3v) is 14.2. The summed E-state index contributed by atoms with van der Waals surface area (Å²) < 4.78 is 4.80. The first-order chi connectivity index (χ1) is 34.2. The highest BCUT2D eigenvalue weighted by atomic mass is 15.1. The molecule has 0 fully saturated rings. The molecular formula is C64H42BN4. The third kappa shape index (κ3) is 6.58. The standard InChI is InChI=1S/C64H42BN4/c1-4-14-41(15-5-1)44-27-33-62-54(36-44)55-38-46(45-28-34-61-53(37-45)52-21-11-13-23-60(52)68(61)48-18-8-3-9-19-48)29-35-63(55)69(62)49-30-24-42(25-31-49)58-40-59(67-64(66-58)43-16-6-2-7-17-43)47-26-32-51-50-20-10-12-22-56(50)65-57(51)39-47/h1-40,58H,(H,66,67). The number of aliphatic imine (C=N–C) groups is 1. The van der Waals surface area contributed by atoms with E-state index in [1.165, 1.54) is 87.9 Å². The van der Waals surface area contributed by atoms with Gasteiger partial charge in [0.15, 0.2) is 7.28 Å². The van der Waals surface area contributed by atoms with Gasteiger partial charge in [-0.05, 0) is 117 Å². The van der Waals surface area contributed by atoms with E-state index in [-0.39, 0.29) is 6.04 Å². The highest BCUT2D eigenvalue weighted by molar-refractivity contribution is 6.73. The number of para-hydroxylation sites is 2. The van der Waals surface area contributed by atoms with Gasteiger partial charge in [0, 0.05) is 38.5 Å². The summed E-state index contributed by atoms with van der Waals surface area (Å²) in [5.41, 5.74) is 21.1. The van der Waals surface area contributed by atoms with Crippen molar-refractivity contribution in [1.82, 2.24) is 14.5 Å². The number of aromatic nitrogens is 2. The lowest BCUT2D eigenvalue weighted by Gasteiger charge is -2.25. The fraction of sp³-hybridized carbons (Fsp3) is 0.0156. The van der Waals surface area contributed by atoms with E-state index in [4.69, 9.17) is 4.99 Å². The molecule has 1 atom stereocenters. The van der Waals surface area contributed by atoms with Gasteiger partial charge in [-0.3, -0.25) is 0 Å². The third-order valence-electron chi connectivity index (χ3n) is 14.2. The largest absolute Gasteiger partial charge is 0.359 e. The molecule has 0 spiro atoms. The summed E-state index contributed by atoms with van der Waals surface area (Å²) in [7, 11) is 2.29. The summed E-state index contributed by atoms with van der Waals surface area (Å²) in [5, 5.41) is 8.73. The molecule has 4 heterocycles. The van der Waals surface area contributed by atoms with E-state index >= 15 is 0 Å². The van der Waals surface area contributed by atoms with Crippen molar-refractivity contribution in [2.24, 2.45) is 4.99 Å². The van der Waals surface area contributed by atoms with E-state index < -0.39 is 0 Å². The zero-order valence-corrected chi connectivity index (χ0v) is 37.6. The van der Waals surface area contributed by atoms with Crippen LogP contribution in [-0.2, 0) is 0 Å². The summed E-state index contributed by atoms with van der Waals surface area (Å²) in [5.74, 6) is 0.864. The number of hydrogen-bond donors (Lipinski definition) is 1. The fourth-order valence-corrected chi connectivity index (χ4v) is 10.9. The lowest BCUT2D eigenvalue weighted by Crippen LogP contribution is -2.31. The van der Waals surface area contributed by atoms with Crippen molar-refractivity contribution in [3.8, 4) is 44.8 Å². The van der Waals surface area contributed by atoms with Crippen LogP contribution in [0.5, 0.6) is 0 Å². The van der Waals surface area contributed by atoms with E-state index in [1.807, 2.05) is 0 Å². The fourth-order valence-electron chi connectivity index (χ4n) is 10.9. The van der Waals surface area contributed by atoms with Crippen molar-refractivity contribution in [2.75, 3.05) is 0 Å². The number of amidine groups is 1. The van der Waals surface area contributed by atoms with E-state index in [0.29, 0.717) is 0 Å². The molecule has 2 aliphatic rings. The first kappa shape index (κ1) is 39.3. The maximum absolute atomic E-state index is 5.25. The SMILES string of the molecule is [B]1c2ccccc2-c2ccc(C3=CC(c4ccc(-n5c6ccc(-c7ccccc7)cc6c6cc(-c7ccc8c(c7)c7ccccc7n8-c7ccccc7)ccc65)cc4)NC(c4ccccc4)=N3)cc21. The van der Waals surface area contributed by atoms with Crippen molar-refractivity contribution in [1.29, 1.82) is 0 Å². The molecule has 0 bridgehead atoms. The Morgan fingerprint density at radius 3 is 1.55 bits per heavy atom. The van der Waals surface area contributed by atoms with Crippen LogP contribution in [0.1, 0.15) is 22.7 Å². The maximum Gasteiger partial charge on any atom is 0.193 e. The molecule has 0 saturated carbocycles. The smallest absolute Gasteiger partial charge is 0.193 e. The van der Waals surface area contributed by atoms with Gasteiger partial charge in [-0.2, -0.15) is 0 Å². The highest BCUT2D eigenvalue weighted by Gasteiger charge is 2.24. The Bertz CT molecular complexity index is 4050. The molecular weight excluding hydrogens is 836 g/mol. The monoisotopic (exact) mass is 877 g/mol. The first-order valence-corrected chi connectivity index (χ1v) is 23.7. The van der Waals surface area contributed by atoms with Crippen molar-refractivity contribution in [2.45, 2.75) is 6.04 Å². The Morgan fingerprint density at radius 1 is 0.362 bits per heavy atom. The van der Waals surface area contributed by atoms with Crippen LogP contribution in [0, 0.1) is 0 Å². The Kier molecular flexibility index (Phi) is 9.03. The Morgan fingerprint density at radius 2 is 0.870 bits per heavy atom. The molecule has 2 aromatic heterocycles. The second-order valence-electron chi connectivity index (χ2n) is 18.2. The van der Waals surface area contributed by atoms with E-state index in [2.05, 4.69) is 264 Å². The van der Waals surface area contributed by atoms with Gasteiger partial charge < -0.3 is 14.5 Å². The summed E-state index contributed by atoms with van der Waals surface area (Å²) >= 11 is 0. The number of fused-ring (bicyclic) bond motifs is 9. The van der Waals surface area contributed by atoms with Crippen LogP contribution >= 0.6 is 0 Å². The Labute approximate surface area is 401 Å². The number of rotatable bonds is 7. The van der Waals surface area contributed by atoms with E-state index in [1.54, 1.807) is 0 Å². The van der Waals surface area contributed by atoms with Crippen LogP contribution in [0.15, 0.2) is 248 Å². The van der Waals surface area contributed by atoms with Crippen molar-refractivity contribution in [3.63, 3.8) is 0 Å². The number of nitrogens with one attached hydrogen (secondary N) is 1. The van der Waals surface area contributed by atoms with E-state index in [9.17, 15) is 0 Å². The van der Waals surface area contributed by atoms with Gasteiger partial charge >= 0.3 is 0 Å². The second kappa shape index (κ2) is 15.9. The van der Waals surface area contributed by atoms with Crippen LogP contribution in [0.3, 0.4) is 0 Å². The zero-order chi connectivity index (χ0) is 45.4. The predicted octanol–water partition coefficient (Wildman–Crippen LogP) is 14.0. The molecule has 14 rings (SSSR count). The topological polar surface area (TPSA) is 34.2 Å². The van der Waals surface area contributed by atoms with Crippen LogP contribution in [-0.4, -0.2) is 22.2 Å². The summed E-state index contributed by atoms with van der Waals surface area (Å²) in [6.45, 7) is 0. The lowest BCUT2D eigenvalue weighted by molar-refractivity contribution is 0.780. The van der Waals surface area contributed by atoms with Crippen LogP contribution in [0.2, 0.25) is 0 Å². The molecule has 1 unspecified atom stereocenters. The molecule has 12 aromatic rings. The second-order valence-corrected chi connectivity index (χ2v) is 18.2. The molecule has 10 aromatic carbocycles. The predicted molar refractivity (Wildman–Crippen MR) is 290 cm³/mol. The minimum atomic E-state index is -0.0932. The highest BCUT2D eigenvalue weighted by Crippen LogP contribution is 2.40.